The van der Waals surface area contributed by atoms with Gasteiger partial charge in [-0.15, -0.1) is 0 Å². The van der Waals surface area contributed by atoms with Gasteiger partial charge in [0.25, 0.3) is 0 Å². The number of likely N-dealkylation sites (tertiary alicyclic amines) is 2. The van der Waals surface area contributed by atoms with Gasteiger partial charge in [-0.3, -0.25) is 38.9 Å². The van der Waals surface area contributed by atoms with Crippen LogP contribution in [-0.2, 0) is 51.3 Å². The van der Waals surface area contributed by atoms with E-state index in [1.165, 1.54) is 7.11 Å². The normalized spacial score (nSPS) is 17.5. The number of rotatable bonds is 25. The summed E-state index contributed by atoms with van der Waals surface area (Å²) >= 11 is 0. The lowest BCUT2D eigenvalue weighted by Crippen LogP contribution is -2.53. The van der Waals surface area contributed by atoms with Crippen LogP contribution in [0, 0.1) is 11.8 Å². The van der Waals surface area contributed by atoms with Crippen LogP contribution in [0.15, 0.2) is 54.6 Å². The number of amides is 9. The molecule has 20 nitrogen and oxygen atoms in total. The molecular weight excluding hydrogens is 829 g/mol. The van der Waals surface area contributed by atoms with Crippen LogP contribution in [0.5, 0.6) is 0 Å². The second kappa shape index (κ2) is 25.9. The minimum atomic E-state index is -1.18. The summed E-state index contributed by atoms with van der Waals surface area (Å²) in [7, 11) is 1.51. The smallest absolute Gasteiger partial charge is 0.312 e. The summed E-state index contributed by atoms with van der Waals surface area (Å²) in [5, 5.41) is 26.8. The van der Waals surface area contributed by atoms with Crippen LogP contribution in [0.1, 0.15) is 69.4 Å². The number of nitrogens with zero attached hydrogens (tertiary/aromatic N) is 2. The van der Waals surface area contributed by atoms with Gasteiger partial charge in [0.05, 0.1) is 24.6 Å². The Balaban J connectivity index is 1.30. The number of ether oxygens (including phenoxy) is 1. The molecular formula is C44H64N10O10. The summed E-state index contributed by atoms with van der Waals surface area (Å²) in [5.74, 6) is -3.42. The molecule has 2 aromatic rings. The SMILES string of the molecule is COC(C(C)C(=O)NC(Cc1ccccc1)C(=O)NCc1ccc(NC(=O)C(CCCNC(N)=O)NC(=O)CNC(O)CCC(=O)N2CCC(C(N)=O)CC2)cc1)C1CCCN1C=O. The highest BCUT2D eigenvalue weighted by molar-refractivity contribution is 5.97. The van der Waals surface area contributed by atoms with E-state index in [4.69, 9.17) is 16.2 Å². The minimum absolute atomic E-state index is 0.0203. The Kier molecular flexibility index (Phi) is 20.4. The van der Waals surface area contributed by atoms with Gasteiger partial charge in [0.15, 0.2) is 0 Å². The Labute approximate surface area is 373 Å². The van der Waals surface area contributed by atoms with Crippen molar-refractivity contribution in [2.24, 2.45) is 23.3 Å². The lowest BCUT2D eigenvalue weighted by molar-refractivity contribution is -0.136. The van der Waals surface area contributed by atoms with Crippen molar-refractivity contribution in [3.05, 3.63) is 65.7 Å². The average molecular weight is 893 g/mol. The Morgan fingerprint density at radius 3 is 2.19 bits per heavy atom. The quantitative estimate of drug-likeness (QED) is 0.0351. The van der Waals surface area contributed by atoms with E-state index in [1.54, 1.807) is 41.0 Å². The highest BCUT2D eigenvalue weighted by Gasteiger charge is 2.38. The lowest BCUT2D eigenvalue weighted by atomic mass is 9.94. The van der Waals surface area contributed by atoms with E-state index in [0.717, 1.165) is 18.4 Å². The van der Waals surface area contributed by atoms with Gasteiger partial charge in [-0.05, 0) is 68.2 Å². The maximum Gasteiger partial charge on any atom is 0.312 e. The molecule has 2 aliphatic rings. The molecule has 9 amide bonds. The molecule has 4 rings (SSSR count). The minimum Gasteiger partial charge on any atom is -0.379 e. The molecule has 2 heterocycles. The van der Waals surface area contributed by atoms with Gasteiger partial charge in [0, 0.05) is 64.3 Å². The van der Waals surface area contributed by atoms with Crippen LogP contribution < -0.4 is 43.4 Å². The van der Waals surface area contributed by atoms with Crippen molar-refractivity contribution in [3.8, 4) is 0 Å². The Bertz CT molecular complexity index is 1880. The van der Waals surface area contributed by atoms with Gasteiger partial charge in [-0.2, -0.15) is 0 Å². The summed E-state index contributed by atoms with van der Waals surface area (Å²) in [4.78, 5) is 104. The zero-order valence-electron chi connectivity index (χ0n) is 36.6. The van der Waals surface area contributed by atoms with Crippen LogP contribution in [0.3, 0.4) is 0 Å². The van der Waals surface area contributed by atoms with E-state index in [1.807, 2.05) is 30.3 Å². The fourth-order valence-electron chi connectivity index (χ4n) is 7.93. The molecule has 350 valence electrons. The third-order valence-electron chi connectivity index (χ3n) is 11.6. The van der Waals surface area contributed by atoms with Crippen LogP contribution in [0.2, 0.25) is 0 Å². The summed E-state index contributed by atoms with van der Waals surface area (Å²) < 4.78 is 5.71. The first-order chi connectivity index (χ1) is 30.7. The monoisotopic (exact) mass is 892 g/mol. The lowest BCUT2D eigenvalue weighted by Gasteiger charge is -2.32. The number of methoxy groups -OCH3 is 1. The zero-order valence-corrected chi connectivity index (χ0v) is 36.6. The molecule has 6 unspecified atom stereocenters. The van der Waals surface area contributed by atoms with E-state index in [-0.39, 0.29) is 75.0 Å². The standard InChI is InChI=1S/C44H64N10O10/c1-28(39(64-2)35-11-7-21-54(35)27-55)41(60)52-34(24-29-8-4-3-5-9-29)42(61)49-25-30-12-14-32(15-13-30)50-43(62)33(10-6-20-47-44(46)63)51-37(57)26-48-36(56)16-17-38(58)53-22-18-31(19-23-53)40(45)59/h3-5,8-9,12-15,27-28,31,33-36,39,48,56H,6-7,10-11,16-26H2,1-2H3,(H2,45,59)(H,49,61)(H,50,62)(H,51,57)(H,52,60)(H3,46,47,63). The number of aliphatic hydroxyl groups excluding tert-OH is 1. The van der Waals surface area contributed by atoms with Crippen LogP contribution in [-0.4, -0.2) is 133 Å². The molecule has 0 saturated carbocycles. The number of carbonyl (C=O) groups is 8. The van der Waals surface area contributed by atoms with Crippen molar-refractivity contribution in [3.63, 3.8) is 0 Å². The number of benzene rings is 2. The van der Waals surface area contributed by atoms with Crippen molar-refractivity contribution in [1.29, 1.82) is 0 Å². The first-order valence-corrected chi connectivity index (χ1v) is 21.8. The van der Waals surface area contributed by atoms with Crippen molar-refractivity contribution in [1.82, 2.24) is 36.4 Å². The first-order valence-electron chi connectivity index (χ1n) is 21.8. The Hall–Kier alpha value is -6.12. The van der Waals surface area contributed by atoms with Gasteiger partial charge in [-0.25, -0.2) is 4.79 Å². The molecule has 0 spiro atoms. The Morgan fingerprint density at radius 2 is 1.55 bits per heavy atom. The van der Waals surface area contributed by atoms with Crippen molar-refractivity contribution in [2.75, 3.05) is 45.2 Å². The van der Waals surface area contributed by atoms with E-state index in [9.17, 15) is 43.5 Å². The summed E-state index contributed by atoms with van der Waals surface area (Å²) in [6.45, 7) is 3.02. The number of aliphatic hydroxyl groups is 1. The summed E-state index contributed by atoms with van der Waals surface area (Å²) in [6, 6.07) is 13.0. The number of piperidine rings is 1. The average Bonchev–Trinajstić information content (AvgIpc) is 3.76. The molecule has 2 aliphatic heterocycles. The first kappa shape index (κ1) is 50.5. The summed E-state index contributed by atoms with van der Waals surface area (Å²) in [5.41, 5.74) is 12.5. The molecule has 0 aliphatic carbocycles. The molecule has 11 N–H and O–H groups in total. The maximum atomic E-state index is 13.6. The summed E-state index contributed by atoms with van der Waals surface area (Å²) in [6.07, 6.45) is 2.24. The highest BCUT2D eigenvalue weighted by atomic mass is 16.5. The molecule has 0 aromatic heterocycles. The predicted molar refractivity (Wildman–Crippen MR) is 235 cm³/mol. The van der Waals surface area contributed by atoms with E-state index >= 15 is 0 Å². The fourth-order valence-corrected chi connectivity index (χ4v) is 7.93. The number of urea groups is 1. The number of anilines is 1. The van der Waals surface area contributed by atoms with Crippen molar-refractivity contribution < 1.29 is 48.2 Å². The van der Waals surface area contributed by atoms with Gasteiger partial charge in [-0.1, -0.05) is 49.4 Å². The number of hydrogen-bond donors (Lipinski definition) is 9. The number of nitrogens with two attached hydrogens (primary N) is 2. The second-order valence-electron chi connectivity index (χ2n) is 16.2. The molecule has 2 aromatic carbocycles. The van der Waals surface area contributed by atoms with Gasteiger partial charge in [0.1, 0.15) is 18.3 Å². The highest BCUT2D eigenvalue weighted by Crippen LogP contribution is 2.25. The molecule has 0 radical (unpaired) electrons. The van der Waals surface area contributed by atoms with Crippen molar-refractivity contribution in [2.45, 2.75) is 102 Å². The fraction of sp³-hybridized carbons (Fsp3) is 0.545. The van der Waals surface area contributed by atoms with E-state index in [2.05, 4.69) is 31.9 Å². The molecule has 64 heavy (non-hydrogen) atoms. The topological polar surface area (TPSA) is 297 Å². The zero-order chi connectivity index (χ0) is 46.6. The third-order valence-corrected chi connectivity index (χ3v) is 11.6. The number of nitrogens with one attached hydrogen (secondary N) is 6. The van der Waals surface area contributed by atoms with Crippen LogP contribution in [0.4, 0.5) is 10.5 Å². The number of primary amides is 2. The predicted octanol–water partition coefficient (Wildman–Crippen LogP) is -0.414. The molecule has 20 heteroatoms. The Morgan fingerprint density at radius 1 is 0.844 bits per heavy atom. The van der Waals surface area contributed by atoms with E-state index in [0.29, 0.717) is 56.6 Å². The van der Waals surface area contributed by atoms with Crippen LogP contribution >= 0.6 is 0 Å². The maximum absolute atomic E-state index is 13.6. The van der Waals surface area contributed by atoms with E-state index < -0.39 is 54.1 Å². The second-order valence-corrected chi connectivity index (χ2v) is 16.2. The number of carbonyl (C=O) groups excluding carboxylic acids is 8. The van der Waals surface area contributed by atoms with Gasteiger partial charge < -0.3 is 57.7 Å². The molecule has 0 bridgehead atoms. The number of hydrogen-bond acceptors (Lipinski definition) is 11. The third kappa shape index (κ3) is 16.2. The molecule has 2 saturated heterocycles. The van der Waals surface area contributed by atoms with Gasteiger partial charge >= 0.3 is 6.03 Å². The van der Waals surface area contributed by atoms with Gasteiger partial charge in [0.2, 0.25) is 41.9 Å². The van der Waals surface area contributed by atoms with Crippen LogP contribution in [0.25, 0.3) is 0 Å². The van der Waals surface area contributed by atoms with Crippen molar-refractivity contribution >= 4 is 53.6 Å². The molecule has 2 fully saturated rings. The largest absolute Gasteiger partial charge is 0.379 e. The molecule has 6 atom stereocenters.